The van der Waals surface area contributed by atoms with Gasteiger partial charge in [-0.3, -0.25) is 4.68 Å². The fourth-order valence-electron chi connectivity index (χ4n) is 1.79. The lowest BCUT2D eigenvalue weighted by Gasteiger charge is -2.07. The van der Waals surface area contributed by atoms with Crippen molar-refractivity contribution in [3.8, 4) is 0 Å². The summed E-state index contributed by atoms with van der Waals surface area (Å²) >= 11 is 0. The summed E-state index contributed by atoms with van der Waals surface area (Å²) in [5, 5.41) is 5.33. The molecule has 4 N–H and O–H groups in total. The molecular weight excluding hydrogens is 216 g/mol. The van der Waals surface area contributed by atoms with E-state index in [1.165, 1.54) is 0 Å². The number of ether oxygens (including phenoxy) is 1. The molecule has 0 aliphatic carbocycles. The smallest absolute Gasteiger partial charge is 0.115 e. The second-order valence-corrected chi connectivity index (χ2v) is 4.42. The van der Waals surface area contributed by atoms with E-state index < -0.39 is 0 Å². The number of hydrogen-bond acceptors (Lipinski definition) is 4. The van der Waals surface area contributed by atoms with Crippen LogP contribution in [0.2, 0.25) is 0 Å². The first kappa shape index (κ1) is 11.9. The van der Waals surface area contributed by atoms with Crippen LogP contribution in [0.5, 0.6) is 0 Å². The van der Waals surface area contributed by atoms with Gasteiger partial charge in [-0.2, -0.15) is 5.10 Å². The molecule has 0 aliphatic heterocycles. The molecule has 5 heteroatoms. The number of rotatable bonds is 4. The molecule has 0 saturated heterocycles. The predicted molar refractivity (Wildman–Crippen MR) is 68.4 cm³/mol. The van der Waals surface area contributed by atoms with Gasteiger partial charge in [-0.05, 0) is 24.6 Å². The topological polar surface area (TPSA) is 79.1 Å². The maximum atomic E-state index is 5.95. The van der Waals surface area contributed by atoms with Gasteiger partial charge in [0.25, 0.3) is 0 Å². The number of aromatic nitrogens is 2. The number of nitrogens with zero attached hydrogens (tertiary/aromatic N) is 2. The first-order chi connectivity index (χ1) is 8.06. The zero-order valence-electron chi connectivity index (χ0n) is 10.2. The molecule has 0 fully saturated rings. The zero-order valence-corrected chi connectivity index (χ0v) is 10.2. The van der Waals surface area contributed by atoms with Gasteiger partial charge in [-0.15, -0.1) is 0 Å². The van der Waals surface area contributed by atoms with E-state index in [1.54, 1.807) is 4.68 Å². The minimum absolute atomic E-state index is 0.0504. The monoisotopic (exact) mass is 234 g/mol. The van der Waals surface area contributed by atoms with Crippen LogP contribution in [0.4, 0.5) is 5.69 Å². The number of nitrogen functional groups attached to an aromatic ring is 1. The van der Waals surface area contributed by atoms with E-state index in [2.05, 4.69) is 5.10 Å². The molecule has 1 aromatic carbocycles. The van der Waals surface area contributed by atoms with Gasteiger partial charge in [0.05, 0.1) is 18.9 Å². The molecule has 0 radical (unpaired) electrons. The molecule has 1 atom stereocenters. The third kappa shape index (κ3) is 2.75. The number of benzene rings is 1. The van der Waals surface area contributed by atoms with E-state index >= 15 is 0 Å². The van der Waals surface area contributed by atoms with Crippen molar-refractivity contribution < 1.29 is 4.74 Å². The van der Waals surface area contributed by atoms with Crippen molar-refractivity contribution in [3.63, 3.8) is 0 Å². The highest BCUT2D eigenvalue weighted by Gasteiger charge is 2.05. The molecule has 5 nitrogen and oxygen atoms in total. The van der Waals surface area contributed by atoms with Gasteiger partial charge in [-0.1, -0.05) is 0 Å². The average molecular weight is 234 g/mol. The molecule has 0 bridgehead atoms. The van der Waals surface area contributed by atoms with Gasteiger partial charge >= 0.3 is 0 Å². The molecule has 0 unspecified atom stereocenters. The van der Waals surface area contributed by atoms with Crippen LogP contribution in [0.25, 0.3) is 10.9 Å². The third-order valence-electron chi connectivity index (χ3n) is 2.46. The third-order valence-corrected chi connectivity index (χ3v) is 2.46. The molecule has 1 heterocycles. The Morgan fingerprint density at radius 2 is 2.24 bits per heavy atom. The Hall–Kier alpha value is -1.59. The lowest BCUT2D eigenvalue weighted by atomic mass is 10.1. The summed E-state index contributed by atoms with van der Waals surface area (Å²) in [6.45, 7) is 2.99. The van der Waals surface area contributed by atoms with Crippen LogP contribution in [-0.4, -0.2) is 22.4 Å². The van der Waals surface area contributed by atoms with Gasteiger partial charge < -0.3 is 16.2 Å². The molecule has 0 amide bonds. The van der Waals surface area contributed by atoms with E-state index in [0.717, 1.165) is 16.5 Å². The van der Waals surface area contributed by atoms with Crippen LogP contribution in [0.1, 0.15) is 12.5 Å². The molecule has 1 aromatic heterocycles. The predicted octanol–water partition coefficient (Wildman–Crippen LogP) is 1.02. The maximum absolute atomic E-state index is 5.95. The maximum Gasteiger partial charge on any atom is 0.115 e. The second-order valence-electron chi connectivity index (χ2n) is 4.42. The lowest BCUT2D eigenvalue weighted by molar-refractivity contribution is 0.111. The zero-order chi connectivity index (χ0) is 12.4. The molecule has 0 saturated carbocycles. The number of hydrogen-bond donors (Lipinski definition) is 2. The van der Waals surface area contributed by atoms with Gasteiger partial charge in [0, 0.05) is 24.7 Å². The van der Waals surface area contributed by atoms with Gasteiger partial charge in [0.2, 0.25) is 0 Å². The first-order valence-electron chi connectivity index (χ1n) is 5.61. The number of anilines is 1. The van der Waals surface area contributed by atoms with E-state index in [0.29, 0.717) is 18.9 Å². The first-order valence-corrected chi connectivity index (χ1v) is 5.61. The minimum atomic E-state index is 0.0504. The number of aryl methyl sites for hydroxylation is 1. The molecule has 2 aromatic rings. The average Bonchev–Trinajstić information content (AvgIpc) is 2.58. The van der Waals surface area contributed by atoms with Crippen molar-refractivity contribution in [3.05, 3.63) is 23.9 Å². The van der Waals surface area contributed by atoms with E-state index in [1.807, 2.05) is 32.3 Å². The van der Waals surface area contributed by atoms with Crippen molar-refractivity contribution in [1.82, 2.24) is 9.78 Å². The Balaban J connectivity index is 2.18. The quantitative estimate of drug-likeness (QED) is 0.774. The Kier molecular flexibility index (Phi) is 3.31. The van der Waals surface area contributed by atoms with E-state index in [-0.39, 0.29) is 6.04 Å². The Morgan fingerprint density at radius 3 is 2.94 bits per heavy atom. The molecule has 0 aliphatic rings. The SMILES string of the molecule is C[C@@H](N)COCc1cc(N)c2nn(C)cc2c1. The fraction of sp³-hybridized carbons (Fsp3) is 0.417. The highest BCUT2D eigenvalue weighted by molar-refractivity contribution is 5.89. The molecule has 17 heavy (non-hydrogen) atoms. The minimum Gasteiger partial charge on any atom is -0.397 e. The summed E-state index contributed by atoms with van der Waals surface area (Å²) in [6.07, 6.45) is 1.95. The van der Waals surface area contributed by atoms with Crippen molar-refractivity contribution in [2.75, 3.05) is 12.3 Å². The van der Waals surface area contributed by atoms with E-state index in [9.17, 15) is 0 Å². The Morgan fingerprint density at radius 1 is 1.47 bits per heavy atom. The van der Waals surface area contributed by atoms with Crippen LogP contribution < -0.4 is 11.5 Å². The molecule has 92 valence electrons. The van der Waals surface area contributed by atoms with Crippen LogP contribution >= 0.6 is 0 Å². The Labute approximate surface area is 100 Å². The van der Waals surface area contributed by atoms with Crippen molar-refractivity contribution in [2.24, 2.45) is 12.8 Å². The highest BCUT2D eigenvalue weighted by atomic mass is 16.5. The normalized spacial score (nSPS) is 13.1. The van der Waals surface area contributed by atoms with Crippen molar-refractivity contribution in [2.45, 2.75) is 19.6 Å². The summed E-state index contributed by atoms with van der Waals surface area (Å²) in [7, 11) is 1.88. The van der Waals surface area contributed by atoms with E-state index in [4.69, 9.17) is 16.2 Å². The lowest BCUT2D eigenvalue weighted by Crippen LogP contribution is -2.21. The summed E-state index contributed by atoms with van der Waals surface area (Å²) in [5.41, 5.74) is 14.1. The van der Waals surface area contributed by atoms with Crippen molar-refractivity contribution >= 4 is 16.6 Å². The Bertz CT molecular complexity index is 518. The summed E-state index contributed by atoms with van der Waals surface area (Å²) in [6, 6.07) is 3.99. The van der Waals surface area contributed by atoms with Crippen LogP contribution in [0.15, 0.2) is 18.3 Å². The summed E-state index contributed by atoms with van der Waals surface area (Å²) in [5.74, 6) is 0. The molecular formula is C12H18N4O. The summed E-state index contributed by atoms with van der Waals surface area (Å²) < 4.78 is 7.24. The van der Waals surface area contributed by atoms with Crippen LogP contribution in [-0.2, 0) is 18.4 Å². The van der Waals surface area contributed by atoms with Crippen LogP contribution in [0, 0.1) is 0 Å². The summed E-state index contributed by atoms with van der Waals surface area (Å²) in [4.78, 5) is 0. The number of nitrogens with two attached hydrogens (primary N) is 2. The fourth-order valence-corrected chi connectivity index (χ4v) is 1.79. The standard InChI is InChI=1S/C12H18N4O/c1-8(13)6-17-7-9-3-10-5-16(2)15-12(10)11(14)4-9/h3-5,8H,6-7,13-14H2,1-2H3/t8-/m1/s1. The second kappa shape index (κ2) is 4.73. The number of fused-ring (bicyclic) bond motifs is 1. The van der Waals surface area contributed by atoms with Gasteiger partial charge in [0.1, 0.15) is 5.52 Å². The van der Waals surface area contributed by atoms with Crippen molar-refractivity contribution in [1.29, 1.82) is 0 Å². The van der Waals surface area contributed by atoms with Crippen LogP contribution in [0.3, 0.4) is 0 Å². The van der Waals surface area contributed by atoms with Gasteiger partial charge in [0.15, 0.2) is 0 Å². The highest BCUT2D eigenvalue weighted by Crippen LogP contribution is 2.21. The van der Waals surface area contributed by atoms with Gasteiger partial charge in [-0.25, -0.2) is 0 Å². The largest absolute Gasteiger partial charge is 0.397 e. The molecule has 0 spiro atoms. The molecule has 2 rings (SSSR count).